The van der Waals surface area contributed by atoms with Crippen LogP contribution in [0.25, 0.3) is 10.2 Å². The maximum absolute atomic E-state index is 13.1. The Kier molecular flexibility index (Phi) is 5.86. The molecule has 0 saturated carbocycles. The summed E-state index contributed by atoms with van der Waals surface area (Å²) in [6.07, 6.45) is 1.90. The van der Waals surface area contributed by atoms with E-state index in [2.05, 4.69) is 10.3 Å². The molecule has 28 heavy (non-hydrogen) atoms. The van der Waals surface area contributed by atoms with E-state index in [0.29, 0.717) is 49.0 Å². The largest absolute Gasteiger partial charge is 0.383 e. The summed E-state index contributed by atoms with van der Waals surface area (Å²) in [6.45, 7) is 8.18. The molecule has 0 fully saturated rings. The summed E-state index contributed by atoms with van der Waals surface area (Å²) in [5.41, 5.74) is 0.301. The number of guanidine groups is 1. The monoisotopic (exact) mass is 404 g/mol. The second-order valence-corrected chi connectivity index (χ2v) is 7.97. The van der Waals surface area contributed by atoms with Crippen molar-refractivity contribution >= 4 is 27.5 Å². The quantitative estimate of drug-likeness (QED) is 0.569. The molecule has 0 aromatic carbocycles. The van der Waals surface area contributed by atoms with Crippen LogP contribution in [0.1, 0.15) is 30.3 Å². The third kappa shape index (κ3) is 3.43. The Labute approximate surface area is 166 Å². The highest BCUT2D eigenvalue weighted by molar-refractivity contribution is 7.18. The molecule has 3 rings (SSSR count). The predicted octanol–water partition coefficient (Wildman–Crippen LogP) is 1.00. The fourth-order valence-corrected chi connectivity index (χ4v) is 4.71. The van der Waals surface area contributed by atoms with E-state index in [4.69, 9.17) is 10.00 Å². The standard InChI is InChI=1S/C18H24N6O3S/c1-11(2)24-15(25)14-12(3)13(9-22-6-5-20-17(22)21-10-19)28-16(14)23(18(24)26)7-8-27-4/h11H,5-9H2,1-4H3,(H,20,21). The van der Waals surface area contributed by atoms with E-state index >= 15 is 0 Å². The average Bonchev–Trinajstić information content (AvgIpc) is 3.20. The van der Waals surface area contributed by atoms with Gasteiger partial charge in [0.1, 0.15) is 4.83 Å². The highest BCUT2D eigenvalue weighted by atomic mass is 32.1. The van der Waals surface area contributed by atoms with Crippen molar-refractivity contribution in [2.75, 3.05) is 26.8 Å². The number of nitrogens with one attached hydrogen (secondary N) is 1. The van der Waals surface area contributed by atoms with Crippen molar-refractivity contribution in [3.05, 3.63) is 31.3 Å². The molecular weight excluding hydrogens is 380 g/mol. The van der Waals surface area contributed by atoms with Crippen LogP contribution in [0.15, 0.2) is 14.6 Å². The Morgan fingerprint density at radius 2 is 2.14 bits per heavy atom. The lowest BCUT2D eigenvalue weighted by Crippen LogP contribution is -2.41. The third-order valence-electron chi connectivity index (χ3n) is 4.81. The Hall–Kier alpha value is -2.64. The molecule has 0 saturated heterocycles. The van der Waals surface area contributed by atoms with E-state index in [1.165, 1.54) is 15.9 Å². The van der Waals surface area contributed by atoms with E-state index in [9.17, 15) is 9.59 Å². The molecule has 0 radical (unpaired) electrons. The molecule has 0 amide bonds. The fraction of sp³-hybridized carbons (Fsp3) is 0.556. The van der Waals surface area contributed by atoms with Crippen LogP contribution in [-0.4, -0.2) is 46.8 Å². The molecule has 0 unspecified atom stereocenters. The summed E-state index contributed by atoms with van der Waals surface area (Å²) >= 11 is 1.44. The van der Waals surface area contributed by atoms with Crippen LogP contribution in [0.3, 0.4) is 0 Å². The van der Waals surface area contributed by atoms with Crippen LogP contribution in [0.2, 0.25) is 0 Å². The minimum absolute atomic E-state index is 0.238. The first kappa shape index (κ1) is 20.1. The number of aryl methyl sites for hydroxylation is 1. The molecule has 2 aromatic heterocycles. The fourth-order valence-electron chi connectivity index (χ4n) is 3.37. The zero-order chi connectivity index (χ0) is 20.4. The third-order valence-corrected chi connectivity index (χ3v) is 6.11. The van der Waals surface area contributed by atoms with Gasteiger partial charge in [0.05, 0.1) is 31.6 Å². The summed E-state index contributed by atoms with van der Waals surface area (Å²) in [7, 11) is 1.59. The number of rotatable bonds is 6. The van der Waals surface area contributed by atoms with E-state index < -0.39 is 0 Å². The maximum Gasteiger partial charge on any atom is 0.332 e. The second-order valence-electron chi connectivity index (χ2n) is 6.89. The number of ether oxygens (including phenoxy) is 1. The van der Waals surface area contributed by atoms with Gasteiger partial charge in [0.15, 0.2) is 6.19 Å². The second kappa shape index (κ2) is 8.16. The zero-order valence-corrected chi connectivity index (χ0v) is 17.3. The number of thiophene rings is 1. The molecule has 2 aromatic rings. The lowest BCUT2D eigenvalue weighted by atomic mass is 10.2. The average molecular weight is 404 g/mol. The molecule has 0 spiro atoms. The van der Waals surface area contributed by atoms with E-state index in [1.807, 2.05) is 31.9 Å². The predicted molar refractivity (Wildman–Crippen MR) is 109 cm³/mol. The van der Waals surface area contributed by atoms with Crippen molar-refractivity contribution in [1.29, 1.82) is 5.26 Å². The lowest BCUT2D eigenvalue weighted by Gasteiger charge is -2.18. The number of methoxy groups -OCH3 is 1. The number of hydrogen-bond donors (Lipinski definition) is 1. The first-order chi connectivity index (χ1) is 13.4. The summed E-state index contributed by atoms with van der Waals surface area (Å²) in [6, 6.07) is -0.238. The molecule has 9 nitrogen and oxygen atoms in total. The van der Waals surface area contributed by atoms with E-state index in [0.717, 1.165) is 10.4 Å². The van der Waals surface area contributed by atoms with Gasteiger partial charge in [-0.25, -0.2) is 4.79 Å². The zero-order valence-electron chi connectivity index (χ0n) is 16.5. The number of nitriles is 1. The van der Waals surface area contributed by atoms with Crippen LogP contribution >= 0.6 is 11.3 Å². The van der Waals surface area contributed by atoms with Crippen LogP contribution in [0, 0.1) is 18.4 Å². The topological polar surface area (TPSA) is 105 Å². The molecule has 0 bridgehead atoms. The number of aromatic nitrogens is 2. The molecule has 3 heterocycles. The first-order valence-corrected chi connectivity index (χ1v) is 9.93. The molecule has 1 aliphatic heterocycles. The Balaban J connectivity index is 2.15. The van der Waals surface area contributed by atoms with E-state index in [-0.39, 0.29) is 17.3 Å². The smallest absolute Gasteiger partial charge is 0.332 e. The summed E-state index contributed by atoms with van der Waals surface area (Å²) in [5, 5.41) is 12.1. The Morgan fingerprint density at radius 3 is 2.79 bits per heavy atom. The molecular formula is C18H24N6O3S. The molecule has 0 aliphatic carbocycles. The van der Waals surface area contributed by atoms with Crippen LogP contribution in [-0.2, 0) is 17.8 Å². The van der Waals surface area contributed by atoms with Gasteiger partial charge < -0.3 is 9.64 Å². The van der Waals surface area contributed by atoms with Crippen molar-refractivity contribution in [1.82, 2.24) is 19.4 Å². The van der Waals surface area contributed by atoms with Crippen molar-refractivity contribution in [3.8, 4) is 6.19 Å². The minimum Gasteiger partial charge on any atom is -0.383 e. The lowest BCUT2D eigenvalue weighted by molar-refractivity contribution is 0.186. The van der Waals surface area contributed by atoms with Gasteiger partial charge in [-0.1, -0.05) is 0 Å². The number of nitrogens with zero attached hydrogens (tertiary/aromatic N) is 5. The van der Waals surface area contributed by atoms with Gasteiger partial charge in [-0.05, 0) is 26.3 Å². The minimum atomic E-state index is -0.313. The van der Waals surface area contributed by atoms with Crippen LogP contribution in [0.5, 0.6) is 0 Å². The van der Waals surface area contributed by atoms with Gasteiger partial charge in [-0.15, -0.1) is 11.3 Å². The first-order valence-electron chi connectivity index (χ1n) is 9.11. The van der Waals surface area contributed by atoms with Gasteiger partial charge in [-0.3, -0.25) is 24.2 Å². The number of aliphatic imine (C=N–C) groups is 1. The van der Waals surface area contributed by atoms with Crippen molar-refractivity contribution in [3.63, 3.8) is 0 Å². The molecule has 0 atom stereocenters. The summed E-state index contributed by atoms with van der Waals surface area (Å²) in [5.74, 6) is 0.538. The number of hydrogen-bond acceptors (Lipinski definition) is 8. The van der Waals surface area contributed by atoms with Gasteiger partial charge in [0.25, 0.3) is 5.56 Å². The van der Waals surface area contributed by atoms with Gasteiger partial charge in [0.2, 0.25) is 5.96 Å². The van der Waals surface area contributed by atoms with Gasteiger partial charge >= 0.3 is 5.69 Å². The molecule has 150 valence electrons. The van der Waals surface area contributed by atoms with Crippen molar-refractivity contribution in [2.24, 2.45) is 4.99 Å². The Morgan fingerprint density at radius 1 is 1.39 bits per heavy atom. The van der Waals surface area contributed by atoms with Crippen molar-refractivity contribution < 1.29 is 4.74 Å². The maximum atomic E-state index is 13.1. The SMILES string of the molecule is COCCn1c(=O)n(C(C)C)c(=O)c2c(C)c(CN3CCN=C3NC#N)sc21. The normalized spacial score (nSPS) is 14.0. The van der Waals surface area contributed by atoms with Crippen molar-refractivity contribution in [2.45, 2.75) is 39.9 Å². The number of fused-ring (bicyclic) bond motifs is 1. The highest BCUT2D eigenvalue weighted by Gasteiger charge is 2.24. The molecule has 1 N–H and O–H groups in total. The van der Waals surface area contributed by atoms with Gasteiger partial charge in [0, 0.05) is 24.6 Å². The van der Waals surface area contributed by atoms with E-state index in [1.54, 1.807) is 11.7 Å². The summed E-state index contributed by atoms with van der Waals surface area (Å²) < 4.78 is 8.10. The van der Waals surface area contributed by atoms with Crippen LogP contribution in [0.4, 0.5) is 0 Å². The van der Waals surface area contributed by atoms with Gasteiger partial charge in [-0.2, -0.15) is 5.26 Å². The summed E-state index contributed by atoms with van der Waals surface area (Å²) in [4.78, 5) is 34.0. The highest BCUT2D eigenvalue weighted by Crippen LogP contribution is 2.29. The Bertz CT molecular complexity index is 1070. The molecule has 1 aliphatic rings. The molecule has 10 heteroatoms. The van der Waals surface area contributed by atoms with Crippen LogP contribution < -0.4 is 16.6 Å².